The molecule has 4 N–H and O–H groups in total. The summed E-state index contributed by atoms with van der Waals surface area (Å²) in [7, 11) is 0. The quantitative estimate of drug-likeness (QED) is 0.169. The molecule has 0 saturated carbocycles. The van der Waals surface area contributed by atoms with Gasteiger partial charge < -0.3 is 11.5 Å². The summed E-state index contributed by atoms with van der Waals surface area (Å²) in [6.45, 7) is 3.91. The third kappa shape index (κ3) is 11.2. The van der Waals surface area contributed by atoms with E-state index in [9.17, 15) is 0 Å². The van der Waals surface area contributed by atoms with Crippen molar-refractivity contribution >= 4 is 58.0 Å². The maximum Gasteiger partial charge on any atom is 0.0858 e. The fraction of sp³-hybridized carbons (Fsp3) is 0.278. The van der Waals surface area contributed by atoms with Crippen LogP contribution in [0, 0.1) is 0 Å². The molecule has 0 bridgehead atoms. The summed E-state index contributed by atoms with van der Waals surface area (Å²) < 4.78 is 0. The van der Waals surface area contributed by atoms with Crippen LogP contribution < -0.4 is 11.5 Å². The predicted octanol–water partition coefficient (Wildman–Crippen LogP) is 10.3. The normalized spacial score (nSPS) is 16.8. The lowest BCUT2D eigenvalue weighted by Gasteiger charge is -2.03. The van der Waals surface area contributed by atoms with Gasteiger partial charge in [0.1, 0.15) is 0 Å². The minimum atomic E-state index is 0.0692. The number of isothiocyanates is 2. The fourth-order valence-corrected chi connectivity index (χ4v) is 5.52. The molecule has 4 aromatic rings. The molecule has 4 nitrogen and oxygen atoms in total. The van der Waals surface area contributed by atoms with E-state index in [1.165, 1.54) is 22.3 Å². The van der Waals surface area contributed by atoms with E-state index in [2.05, 4.69) is 93.3 Å². The Morgan fingerprint density at radius 3 is 1.73 bits per heavy atom. The van der Waals surface area contributed by atoms with Crippen LogP contribution in [-0.4, -0.2) is 10.3 Å². The van der Waals surface area contributed by atoms with Gasteiger partial charge in [-0.25, -0.2) is 9.98 Å². The highest BCUT2D eigenvalue weighted by molar-refractivity contribution is 7.78. The summed E-state index contributed by atoms with van der Waals surface area (Å²) in [6, 6.07) is 32.7. The molecule has 0 radical (unpaired) electrons. The highest BCUT2D eigenvalue weighted by atomic mass is 35.5. The zero-order chi connectivity index (χ0) is 31.9. The van der Waals surface area contributed by atoms with Gasteiger partial charge in [-0.1, -0.05) is 96.0 Å². The van der Waals surface area contributed by atoms with E-state index < -0.39 is 0 Å². The average molecular weight is 662 g/mol. The third-order valence-corrected chi connectivity index (χ3v) is 8.20. The van der Waals surface area contributed by atoms with Crippen LogP contribution in [0.5, 0.6) is 0 Å². The van der Waals surface area contributed by atoms with Crippen molar-refractivity contribution in [2.24, 2.45) is 21.5 Å². The molecule has 0 spiro atoms. The predicted molar refractivity (Wildman–Crippen MR) is 193 cm³/mol. The smallest absolute Gasteiger partial charge is 0.0858 e. The number of aliphatic imine (C=N–C) groups is 2. The molecule has 0 aromatic heterocycles. The molecule has 0 amide bonds. The Labute approximate surface area is 282 Å². The zero-order valence-corrected chi connectivity index (χ0v) is 28.1. The van der Waals surface area contributed by atoms with E-state index in [1.807, 2.05) is 62.4 Å². The van der Waals surface area contributed by atoms with Crippen LogP contribution in [0.15, 0.2) is 107 Å². The second-order valence-corrected chi connectivity index (χ2v) is 11.8. The molecule has 44 heavy (non-hydrogen) atoms. The topological polar surface area (TPSA) is 76.8 Å². The van der Waals surface area contributed by atoms with Crippen molar-refractivity contribution in [3.8, 4) is 0 Å². The second-order valence-electron chi connectivity index (χ2n) is 10.6. The molecule has 6 rings (SSSR count). The molecular weight excluding hydrogens is 623 g/mol. The van der Waals surface area contributed by atoms with Crippen molar-refractivity contribution in [1.82, 2.24) is 0 Å². The molecule has 0 heterocycles. The van der Waals surface area contributed by atoms with Crippen LogP contribution >= 0.6 is 47.6 Å². The van der Waals surface area contributed by atoms with Gasteiger partial charge >= 0.3 is 0 Å². The molecule has 4 atom stereocenters. The number of nitrogens with two attached hydrogens (primary N) is 2. The van der Waals surface area contributed by atoms with Gasteiger partial charge in [-0.3, -0.25) is 0 Å². The van der Waals surface area contributed by atoms with Gasteiger partial charge in [-0.2, -0.15) is 0 Å². The summed E-state index contributed by atoms with van der Waals surface area (Å²) in [5.41, 5.74) is 19.2. The number of rotatable bonds is 4. The first-order valence-electron chi connectivity index (χ1n) is 14.5. The van der Waals surface area contributed by atoms with Crippen LogP contribution in [0.3, 0.4) is 0 Å². The van der Waals surface area contributed by atoms with E-state index >= 15 is 0 Å². The molecular formula is C36H38Cl2N4S2. The van der Waals surface area contributed by atoms with Gasteiger partial charge in [-0.05, 0) is 122 Å². The molecule has 228 valence electrons. The molecule has 0 aliphatic heterocycles. The number of fused-ring (bicyclic) bond motifs is 2. The van der Waals surface area contributed by atoms with Crippen LogP contribution in [0.2, 0.25) is 10.0 Å². The van der Waals surface area contributed by atoms with Crippen molar-refractivity contribution in [2.45, 2.75) is 63.7 Å². The van der Waals surface area contributed by atoms with Crippen LogP contribution in [0.25, 0.3) is 0 Å². The van der Waals surface area contributed by atoms with Crippen LogP contribution in [0.1, 0.15) is 84.2 Å². The van der Waals surface area contributed by atoms with Crippen molar-refractivity contribution in [3.63, 3.8) is 0 Å². The van der Waals surface area contributed by atoms with Crippen molar-refractivity contribution < 1.29 is 0 Å². The van der Waals surface area contributed by atoms with Gasteiger partial charge in [0, 0.05) is 22.1 Å². The number of benzene rings is 4. The highest BCUT2D eigenvalue weighted by Crippen LogP contribution is 2.33. The standard InChI is InChI=1S/C10H9NS.C9H8ClNS.C9H11N.C8H10ClN/c12-7-11-10-6-5-8-3-1-2-4-9(8)10;1-7(11-6-12)8-2-4-9(10)5-3-8;10-9-6-5-7-3-1-2-4-8(7)9;1-6(10)7-2-4-8(9)5-3-7/h1-4,10H,5-6H2;2-5,7H,1H3;1-4,9H,5-6,10H2;2-6H,10H2,1H3/t10-;7-;9-;6-/m1111/s1. The number of thiocarbonyl (C=S) groups is 2. The lowest BCUT2D eigenvalue weighted by Crippen LogP contribution is -2.04. The van der Waals surface area contributed by atoms with E-state index in [0.717, 1.165) is 46.9 Å². The van der Waals surface area contributed by atoms with Crippen LogP contribution in [0.4, 0.5) is 0 Å². The third-order valence-electron chi connectivity index (χ3n) is 7.48. The largest absolute Gasteiger partial charge is 0.324 e. The monoisotopic (exact) mass is 660 g/mol. The maximum absolute atomic E-state index is 5.85. The molecule has 2 aliphatic rings. The SMILES string of the molecule is C[C@@H](N)c1ccc(Cl)cc1.C[C@@H](N=C=S)c1ccc(Cl)cc1.N[C@@H]1CCc2ccccc21.S=C=N[C@@H]1CCc2ccccc21. The summed E-state index contributed by atoms with van der Waals surface area (Å²) in [5, 5.41) is 6.30. The second kappa shape index (κ2) is 18.7. The van der Waals surface area contributed by atoms with Crippen LogP contribution in [-0.2, 0) is 12.8 Å². The van der Waals surface area contributed by atoms with E-state index in [0.29, 0.717) is 6.04 Å². The van der Waals surface area contributed by atoms with E-state index in [-0.39, 0.29) is 18.1 Å². The Hall–Kier alpha value is -3.02. The Morgan fingerprint density at radius 2 is 1.20 bits per heavy atom. The Kier molecular flexibility index (Phi) is 15.1. The van der Waals surface area contributed by atoms with Crippen molar-refractivity contribution in [1.29, 1.82) is 0 Å². The summed E-state index contributed by atoms with van der Waals surface area (Å²) in [4.78, 5) is 8.08. The lowest BCUT2D eigenvalue weighted by atomic mass is 10.1. The Balaban J connectivity index is 0.000000161. The minimum Gasteiger partial charge on any atom is -0.324 e. The number of hydrogen-bond acceptors (Lipinski definition) is 6. The summed E-state index contributed by atoms with van der Waals surface area (Å²) in [5.74, 6) is 0. The number of nitrogens with zero attached hydrogens (tertiary/aromatic N) is 2. The summed E-state index contributed by atoms with van der Waals surface area (Å²) in [6.07, 6.45) is 4.50. The van der Waals surface area contributed by atoms with Crippen molar-refractivity contribution in [2.75, 3.05) is 0 Å². The van der Waals surface area contributed by atoms with Crippen molar-refractivity contribution in [3.05, 3.63) is 140 Å². The Morgan fingerprint density at radius 1 is 0.705 bits per heavy atom. The number of hydrogen-bond donors (Lipinski definition) is 2. The maximum atomic E-state index is 5.85. The first-order chi connectivity index (χ1) is 21.2. The minimum absolute atomic E-state index is 0.0692. The van der Waals surface area contributed by atoms with Gasteiger partial charge in [0.15, 0.2) is 0 Å². The van der Waals surface area contributed by atoms with Gasteiger partial charge in [0.2, 0.25) is 0 Å². The molecule has 8 heteroatoms. The number of halogens is 2. The molecule has 0 fully saturated rings. The zero-order valence-electron chi connectivity index (χ0n) is 25.0. The van der Waals surface area contributed by atoms with Gasteiger partial charge in [0.25, 0.3) is 0 Å². The first kappa shape index (κ1) is 35.5. The van der Waals surface area contributed by atoms with E-state index in [4.69, 9.17) is 34.7 Å². The Bertz CT molecular complexity index is 1560. The first-order valence-corrected chi connectivity index (χ1v) is 16.1. The molecule has 0 unspecified atom stereocenters. The van der Waals surface area contributed by atoms with E-state index in [1.54, 1.807) is 0 Å². The van der Waals surface area contributed by atoms with Gasteiger partial charge in [0.05, 0.1) is 22.4 Å². The van der Waals surface area contributed by atoms with Gasteiger partial charge in [-0.15, -0.1) is 0 Å². The average Bonchev–Trinajstić information content (AvgIpc) is 3.62. The highest BCUT2D eigenvalue weighted by Gasteiger charge is 2.20. The number of aryl methyl sites for hydroxylation is 2. The molecule has 0 saturated heterocycles. The molecule has 2 aliphatic carbocycles. The summed E-state index contributed by atoms with van der Waals surface area (Å²) >= 11 is 20.5. The fourth-order valence-electron chi connectivity index (χ4n) is 4.98. The lowest BCUT2D eigenvalue weighted by molar-refractivity contribution is 0.713. The molecule has 4 aromatic carbocycles.